The van der Waals surface area contributed by atoms with Crippen LogP contribution < -0.4 is 14.9 Å². The van der Waals surface area contributed by atoms with Crippen molar-refractivity contribution in [3.8, 4) is 11.5 Å². The monoisotopic (exact) mass is 469 g/mol. The molecule has 6 heteroatoms. The molecule has 0 amide bonds. The Hall–Kier alpha value is -3.83. The molecule has 4 aromatic rings. The number of amidine groups is 1. The van der Waals surface area contributed by atoms with Gasteiger partial charge in [-0.05, 0) is 67.8 Å². The number of nitrogens with zero attached hydrogens (tertiary/aromatic N) is 2. The van der Waals surface area contributed by atoms with E-state index in [1.54, 1.807) is 0 Å². The molecule has 170 valence electrons. The van der Waals surface area contributed by atoms with E-state index in [2.05, 4.69) is 29.7 Å². The molecule has 0 atom stereocenters. The number of benzene rings is 4. The predicted octanol–water partition coefficient (Wildman–Crippen LogP) is 6.72. The first kappa shape index (κ1) is 22.0. The van der Waals surface area contributed by atoms with Crippen LogP contribution in [0.25, 0.3) is 10.8 Å². The highest BCUT2D eigenvalue weighted by molar-refractivity contribution is 6.30. The molecule has 0 aromatic heterocycles. The average molecular weight is 470 g/mol. The summed E-state index contributed by atoms with van der Waals surface area (Å²) in [5, 5.41) is 7.65. The molecule has 0 spiro atoms. The van der Waals surface area contributed by atoms with Crippen molar-refractivity contribution in [1.29, 1.82) is 0 Å². The Balaban J connectivity index is 1.70. The van der Waals surface area contributed by atoms with Crippen LogP contribution in [0.15, 0.2) is 89.0 Å². The van der Waals surface area contributed by atoms with Crippen LogP contribution in [0.5, 0.6) is 11.5 Å². The second-order valence-corrected chi connectivity index (χ2v) is 8.19. The van der Waals surface area contributed by atoms with Gasteiger partial charge in [0, 0.05) is 27.1 Å². The second kappa shape index (κ2) is 9.57. The van der Waals surface area contributed by atoms with Gasteiger partial charge in [0.25, 0.3) is 0 Å². The lowest BCUT2D eigenvalue weighted by Gasteiger charge is -2.14. The van der Waals surface area contributed by atoms with Gasteiger partial charge in [-0.3, -0.25) is 5.43 Å². The Bertz CT molecular complexity index is 1410. The molecule has 1 heterocycles. The molecule has 5 rings (SSSR count). The number of nitrogens with one attached hydrogen (secondary N) is 1. The first-order valence-electron chi connectivity index (χ1n) is 11.3. The average Bonchev–Trinajstić information content (AvgIpc) is 3.06. The zero-order valence-electron chi connectivity index (χ0n) is 19.0. The molecular formula is C28H24ClN3O2. The fourth-order valence-corrected chi connectivity index (χ4v) is 4.15. The van der Waals surface area contributed by atoms with Crippen molar-refractivity contribution >= 4 is 39.6 Å². The van der Waals surface area contributed by atoms with E-state index in [4.69, 9.17) is 31.2 Å². The standard InChI is InChI=1S/C28H24ClN3O2/c1-3-33-24-16-12-20(17-25(24)34-4-2)26-23-15-11-18-7-5-6-8-22(18)27(23)30-28(32-31-26)19-9-13-21(29)14-10-19/h5-17H,3-4H2,1-2H3,(H,30,32). The van der Waals surface area contributed by atoms with Gasteiger partial charge < -0.3 is 9.47 Å². The highest BCUT2D eigenvalue weighted by Crippen LogP contribution is 2.36. The minimum absolute atomic E-state index is 0.541. The van der Waals surface area contributed by atoms with E-state index in [9.17, 15) is 0 Å². The van der Waals surface area contributed by atoms with Gasteiger partial charge in [0.15, 0.2) is 17.3 Å². The summed E-state index contributed by atoms with van der Waals surface area (Å²) in [7, 11) is 0. The zero-order chi connectivity index (χ0) is 23.5. The Morgan fingerprint density at radius 3 is 2.32 bits per heavy atom. The molecule has 4 aromatic carbocycles. The summed E-state index contributed by atoms with van der Waals surface area (Å²) in [6, 6.07) is 25.9. The lowest BCUT2D eigenvalue weighted by atomic mass is 9.96. The summed E-state index contributed by atoms with van der Waals surface area (Å²) < 4.78 is 11.6. The molecule has 5 nitrogen and oxygen atoms in total. The van der Waals surface area contributed by atoms with Crippen LogP contribution in [0.3, 0.4) is 0 Å². The van der Waals surface area contributed by atoms with Crippen molar-refractivity contribution in [2.24, 2.45) is 10.1 Å². The number of hydrogen-bond donors (Lipinski definition) is 1. The quantitative estimate of drug-likeness (QED) is 0.341. The first-order chi connectivity index (χ1) is 16.7. The summed E-state index contributed by atoms with van der Waals surface area (Å²) in [6.07, 6.45) is 0. The van der Waals surface area contributed by atoms with Crippen molar-refractivity contribution in [3.63, 3.8) is 0 Å². The summed E-state index contributed by atoms with van der Waals surface area (Å²) >= 11 is 6.11. The van der Waals surface area contributed by atoms with E-state index in [1.165, 1.54) is 0 Å². The van der Waals surface area contributed by atoms with Crippen molar-refractivity contribution in [3.05, 3.63) is 101 Å². The minimum Gasteiger partial charge on any atom is -0.490 e. The first-order valence-corrected chi connectivity index (χ1v) is 11.7. The van der Waals surface area contributed by atoms with Crippen LogP contribution >= 0.6 is 11.6 Å². The van der Waals surface area contributed by atoms with Crippen LogP contribution in [0.1, 0.15) is 30.5 Å². The van der Waals surface area contributed by atoms with E-state index >= 15 is 0 Å². The smallest absolute Gasteiger partial charge is 0.161 e. The van der Waals surface area contributed by atoms with Gasteiger partial charge in [0.1, 0.15) is 5.71 Å². The third-order valence-electron chi connectivity index (χ3n) is 5.59. The number of ether oxygens (including phenoxy) is 2. The lowest BCUT2D eigenvalue weighted by molar-refractivity contribution is 0.287. The number of hydrazone groups is 1. The van der Waals surface area contributed by atoms with Crippen LogP contribution in [0.4, 0.5) is 5.69 Å². The summed E-state index contributed by atoms with van der Waals surface area (Å²) in [5.41, 5.74) is 7.56. The maximum atomic E-state index is 6.11. The van der Waals surface area contributed by atoms with Crippen LogP contribution in [0.2, 0.25) is 5.02 Å². The van der Waals surface area contributed by atoms with Gasteiger partial charge in [-0.15, -0.1) is 0 Å². The molecular weight excluding hydrogens is 446 g/mol. The molecule has 0 aliphatic carbocycles. The molecule has 0 bridgehead atoms. The summed E-state index contributed by atoms with van der Waals surface area (Å²) in [5.74, 6) is 2.06. The molecule has 34 heavy (non-hydrogen) atoms. The van der Waals surface area contributed by atoms with Gasteiger partial charge in [0.2, 0.25) is 0 Å². The fourth-order valence-electron chi connectivity index (χ4n) is 4.03. The summed E-state index contributed by atoms with van der Waals surface area (Å²) in [6.45, 7) is 5.02. The molecule has 1 aliphatic rings. The normalized spacial score (nSPS) is 12.8. The van der Waals surface area contributed by atoms with Gasteiger partial charge in [-0.25, -0.2) is 4.99 Å². The number of hydrogen-bond acceptors (Lipinski definition) is 5. The van der Waals surface area contributed by atoms with Gasteiger partial charge in [0.05, 0.1) is 18.9 Å². The van der Waals surface area contributed by atoms with Crippen LogP contribution in [0, 0.1) is 0 Å². The fraction of sp³-hybridized carbons (Fsp3) is 0.143. The van der Waals surface area contributed by atoms with E-state index in [-0.39, 0.29) is 0 Å². The molecule has 0 unspecified atom stereocenters. The van der Waals surface area contributed by atoms with Crippen LogP contribution in [-0.2, 0) is 0 Å². The minimum atomic E-state index is 0.541. The number of halogens is 1. The topological polar surface area (TPSA) is 55.2 Å². The maximum absolute atomic E-state index is 6.11. The van der Waals surface area contributed by atoms with Gasteiger partial charge in [-0.1, -0.05) is 41.9 Å². The van der Waals surface area contributed by atoms with E-state index < -0.39 is 0 Å². The Morgan fingerprint density at radius 2 is 1.53 bits per heavy atom. The lowest BCUT2D eigenvalue weighted by Crippen LogP contribution is -2.19. The van der Waals surface area contributed by atoms with Crippen molar-refractivity contribution in [2.75, 3.05) is 13.2 Å². The van der Waals surface area contributed by atoms with Gasteiger partial charge in [-0.2, -0.15) is 5.10 Å². The van der Waals surface area contributed by atoms with E-state index in [1.807, 2.05) is 68.4 Å². The van der Waals surface area contributed by atoms with E-state index in [0.29, 0.717) is 35.6 Å². The van der Waals surface area contributed by atoms with Crippen molar-refractivity contribution < 1.29 is 9.47 Å². The Kier molecular flexibility index (Phi) is 6.19. The van der Waals surface area contributed by atoms with Crippen molar-refractivity contribution in [1.82, 2.24) is 5.43 Å². The highest BCUT2D eigenvalue weighted by atomic mass is 35.5. The molecule has 0 saturated carbocycles. The molecule has 1 aliphatic heterocycles. The maximum Gasteiger partial charge on any atom is 0.161 e. The Morgan fingerprint density at radius 1 is 0.794 bits per heavy atom. The number of aliphatic imine (C=N–C) groups is 1. The second-order valence-electron chi connectivity index (χ2n) is 7.75. The van der Waals surface area contributed by atoms with E-state index in [0.717, 1.165) is 38.9 Å². The van der Waals surface area contributed by atoms with Crippen molar-refractivity contribution in [2.45, 2.75) is 13.8 Å². The molecule has 0 fully saturated rings. The number of rotatable bonds is 6. The third-order valence-corrected chi connectivity index (χ3v) is 5.84. The molecule has 1 N–H and O–H groups in total. The predicted molar refractivity (Wildman–Crippen MR) is 139 cm³/mol. The molecule has 0 radical (unpaired) electrons. The van der Waals surface area contributed by atoms with Crippen LogP contribution in [-0.4, -0.2) is 24.8 Å². The Labute approximate surface area is 203 Å². The number of fused-ring (bicyclic) bond motifs is 3. The molecule has 0 saturated heterocycles. The third kappa shape index (κ3) is 4.22. The van der Waals surface area contributed by atoms with Gasteiger partial charge >= 0.3 is 0 Å². The zero-order valence-corrected chi connectivity index (χ0v) is 19.8. The summed E-state index contributed by atoms with van der Waals surface area (Å²) in [4.78, 5) is 5.04. The largest absolute Gasteiger partial charge is 0.490 e. The highest BCUT2D eigenvalue weighted by Gasteiger charge is 2.20. The SMILES string of the molecule is CCOc1ccc(C2=NNC(c3ccc(Cl)cc3)=Nc3c2ccc2ccccc32)cc1OCC.